The number of amides is 1. The van der Waals surface area contributed by atoms with E-state index >= 15 is 0 Å². The van der Waals surface area contributed by atoms with E-state index in [2.05, 4.69) is 0 Å². The number of halogens is 1. The van der Waals surface area contributed by atoms with Crippen molar-refractivity contribution in [3.05, 3.63) is 71.8 Å². The third kappa shape index (κ3) is 3.46. The maximum absolute atomic E-state index is 13.6. The summed E-state index contributed by atoms with van der Waals surface area (Å²) in [5.41, 5.74) is 2.09. The zero-order chi connectivity index (χ0) is 16.9. The van der Waals surface area contributed by atoms with Gasteiger partial charge in [0.15, 0.2) is 0 Å². The summed E-state index contributed by atoms with van der Waals surface area (Å²) in [6.07, 6.45) is -0.756. The Morgan fingerprint density at radius 2 is 1.67 bits per heavy atom. The molecule has 122 valence electrons. The van der Waals surface area contributed by atoms with Crippen LogP contribution in [0.4, 0.5) is 4.39 Å². The number of hydrogen-bond donors (Lipinski definition) is 0. The van der Waals surface area contributed by atoms with Gasteiger partial charge in [-0.15, -0.1) is 0 Å². The van der Waals surface area contributed by atoms with Crippen LogP contribution in [0.3, 0.4) is 0 Å². The highest BCUT2D eigenvalue weighted by Crippen LogP contribution is 2.30. The van der Waals surface area contributed by atoms with E-state index in [9.17, 15) is 9.18 Å². The fraction of sp³-hybridized carbons (Fsp3) is 0.300. The standard InChI is InChI=1S/C20H19FN2O/c21-17-11-18(13-22)23(14-17)20(24)12-19(15-7-3-1-4-8-15)16-9-5-2-6-10-16/h1-10,17-19H,11-12,14H2. The Hall–Kier alpha value is -2.67. The first kappa shape index (κ1) is 16.2. The average Bonchev–Trinajstić information content (AvgIpc) is 3.02. The lowest BCUT2D eigenvalue weighted by atomic mass is 9.88. The Morgan fingerprint density at radius 3 is 2.17 bits per heavy atom. The molecule has 0 N–H and O–H groups in total. The number of hydrogen-bond acceptors (Lipinski definition) is 2. The van der Waals surface area contributed by atoms with Crippen LogP contribution in [0.15, 0.2) is 60.7 Å². The third-order valence-electron chi connectivity index (χ3n) is 4.50. The zero-order valence-corrected chi connectivity index (χ0v) is 13.3. The van der Waals surface area contributed by atoms with Crippen LogP contribution >= 0.6 is 0 Å². The quantitative estimate of drug-likeness (QED) is 0.862. The van der Waals surface area contributed by atoms with Crippen molar-refractivity contribution in [1.82, 2.24) is 4.90 Å². The van der Waals surface area contributed by atoms with Gasteiger partial charge < -0.3 is 4.90 Å². The van der Waals surface area contributed by atoms with E-state index in [1.807, 2.05) is 66.7 Å². The summed E-state index contributed by atoms with van der Waals surface area (Å²) < 4.78 is 13.6. The van der Waals surface area contributed by atoms with Crippen molar-refractivity contribution in [3.8, 4) is 6.07 Å². The lowest BCUT2D eigenvalue weighted by Gasteiger charge is -2.23. The molecule has 2 aromatic carbocycles. The monoisotopic (exact) mass is 322 g/mol. The predicted octanol–water partition coefficient (Wildman–Crippen LogP) is 3.67. The number of alkyl halides is 1. The fourth-order valence-electron chi connectivity index (χ4n) is 3.27. The highest BCUT2D eigenvalue weighted by molar-refractivity contribution is 5.79. The molecular weight excluding hydrogens is 303 g/mol. The number of rotatable bonds is 4. The van der Waals surface area contributed by atoms with Gasteiger partial charge in [-0.1, -0.05) is 60.7 Å². The number of nitriles is 1. The van der Waals surface area contributed by atoms with Gasteiger partial charge in [-0.05, 0) is 11.1 Å². The fourth-order valence-corrected chi connectivity index (χ4v) is 3.27. The van der Waals surface area contributed by atoms with Crippen LogP contribution in [0.1, 0.15) is 29.9 Å². The summed E-state index contributed by atoms with van der Waals surface area (Å²) in [4.78, 5) is 14.1. The summed E-state index contributed by atoms with van der Waals surface area (Å²) in [6.45, 7) is 0.0212. The maximum atomic E-state index is 13.6. The molecule has 0 bridgehead atoms. The van der Waals surface area contributed by atoms with Crippen molar-refractivity contribution in [3.63, 3.8) is 0 Å². The zero-order valence-electron chi connectivity index (χ0n) is 13.3. The Morgan fingerprint density at radius 1 is 1.12 bits per heavy atom. The molecule has 0 radical (unpaired) electrons. The molecule has 0 aromatic heterocycles. The highest BCUT2D eigenvalue weighted by Gasteiger charge is 2.36. The lowest BCUT2D eigenvalue weighted by Crippen LogP contribution is -2.36. The molecule has 1 saturated heterocycles. The molecule has 1 amide bonds. The van der Waals surface area contributed by atoms with E-state index in [0.29, 0.717) is 0 Å². The molecule has 1 aliphatic rings. The highest BCUT2D eigenvalue weighted by atomic mass is 19.1. The van der Waals surface area contributed by atoms with Gasteiger partial charge in [-0.25, -0.2) is 4.39 Å². The molecule has 3 nitrogen and oxygen atoms in total. The number of carbonyl (C=O) groups is 1. The minimum absolute atomic E-state index is 0.0212. The second-order valence-electron chi connectivity index (χ2n) is 6.10. The van der Waals surface area contributed by atoms with Crippen molar-refractivity contribution < 1.29 is 9.18 Å². The molecule has 1 aliphatic heterocycles. The molecule has 0 aliphatic carbocycles. The van der Waals surface area contributed by atoms with E-state index < -0.39 is 12.2 Å². The van der Waals surface area contributed by atoms with E-state index in [0.717, 1.165) is 11.1 Å². The van der Waals surface area contributed by atoms with E-state index in [4.69, 9.17) is 5.26 Å². The molecule has 4 heteroatoms. The van der Waals surface area contributed by atoms with Crippen LogP contribution in [0.5, 0.6) is 0 Å². The van der Waals surface area contributed by atoms with Crippen molar-refractivity contribution in [2.45, 2.75) is 31.0 Å². The number of carbonyl (C=O) groups excluding carboxylic acids is 1. The Balaban J connectivity index is 1.85. The Kier molecular flexibility index (Phi) is 4.90. The molecule has 2 unspecified atom stereocenters. The predicted molar refractivity (Wildman–Crippen MR) is 90.0 cm³/mol. The summed E-state index contributed by atoms with van der Waals surface area (Å²) in [6, 6.07) is 21.0. The second kappa shape index (κ2) is 7.27. The minimum atomic E-state index is -1.11. The smallest absolute Gasteiger partial charge is 0.224 e. The average molecular weight is 322 g/mol. The van der Waals surface area contributed by atoms with Crippen LogP contribution in [-0.4, -0.2) is 29.6 Å². The van der Waals surface area contributed by atoms with E-state index in [1.165, 1.54) is 4.90 Å². The first-order valence-electron chi connectivity index (χ1n) is 8.12. The molecule has 0 spiro atoms. The summed E-state index contributed by atoms with van der Waals surface area (Å²) >= 11 is 0. The lowest BCUT2D eigenvalue weighted by molar-refractivity contribution is -0.131. The first-order chi connectivity index (χ1) is 11.7. The van der Waals surface area contributed by atoms with Crippen molar-refractivity contribution in [2.24, 2.45) is 0 Å². The largest absolute Gasteiger partial charge is 0.324 e. The maximum Gasteiger partial charge on any atom is 0.224 e. The van der Waals surface area contributed by atoms with Gasteiger partial charge in [0.2, 0.25) is 5.91 Å². The second-order valence-corrected chi connectivity index (χ2v) is 6.10. The first-order valence-corrected chi connectivity index (χ1v) is 8.12. The van der Waals surface area contributed by atoms with E-state index in [1.54, 1.807) is 0 Å². The van der Waals surface area contributed by atoms with Gasteiger partial charge in [0.25, 0.3) is 0 Å². The molecule has 3 rings (SSSR count). The Bertz CT molecular complexity index is 687. The minimum Gasteiger partial charge on any atom is -0.324 e. The Labute approximate surface area is 141 Å². The SMILES string of the molecule is N#CC1CC(F)CN1C(=O)CC(c1ccccc1)c1ccccc1. The van der Waals surface area contributed by atoms with Crippen molar-refractivity contribution in [1.29, 1.82) is 5.26 Å². The number of nitrogens with zero attached hydrogens (tertiary/aromatic N) is 2. The van der Waals surface area contributed by atoms with Gasteiger partial charge in [-0.3, -0.25) is 4.79 Å². The van der Waals surface area contributed by atoms with Gasteiger partial charge in [-0.2, -0.15) is 5.26 Å². The van der Waals surface area contributed by atoms with E-state index in [-0.39, 0.29) is 31.2 Å². The van der Waals surface area contributed by atoms with Crippen molar-refractivity contribution >= 4 is 5.91 Å². The summed E-state index contributed by atoms with van der Waals surface area (Å²) in [7, 11) is 0. The summed E-state index contributed by atoms with van der Waals surface area (Å²) in [5.74, 6) is -0.266. The molecule has 2 aromatic rings. The normalized spacial score (nSPS) is 20.1. The van der Waals surface area contributed by atoms with Crippen LogP contribution < -0.4 is 0 Å². The summed E-state index contributed by atoms with van der Waals surface area (Å²) in [5, 5.41) is 9.16. The molecule has 24 heavy (non-hydrogen) atoms. The van der Waals surface area contributed by atoms with Gasteiger partial charge in [0.1, 0.15) is 12.2 Å². The van der Waals surface area contributed by atoms with Crippen molar-refractivity contribution in [2.75, 3.05) is 6.54 Å². The molecule has 0 saturated carbocycles. The molecule has 2 atom stereocenters. The third-order valence-corrected chi connectivity index (χ3v) is 4.50. The van der Waals surface area contributed by atoms with Crippen LogP contribution in [-0.2, 0) is 4.79 Å². The van der Waals surface area contributed by atoms with Crippen LogP contribution in [0.2, 0.25) is 0 Å². The van der Waals surface area contributed by atoms with Gasteiger partial charge in [0.05, 0.1) is 12.6 Å². The topological polar surface area (TPSA) is 44.1 Å². The van der Waals surface area contributed by atoms with Gasteiger partial charge in [0, 0.05) is 18.8 Å². The van der Waals surface area contributed by atoms with Crippen LogP contribution in [0, 0.1) is 11.3 Å². The molecule has 1 fully saturated rings. The number of benzene rings is 2. The molecule has 1 heterocycles. The van der Waals surface area contributed by atoms with Crippen LogP contribution in [0.25, 0.3) is 0 Å². The van der Waals surface area contributed by atoms with Gasteiger partial charge >= 0.3 is 0 Å². The number of likely N-dealkylation sites (tertiary alicyclic amines) is 1. The molecular formula is C20H19FN2O.